The summed E-state index contributed by atoms with van der Waals surface area (Å²) in [6, 6.07) is 3.88. The lowest BCUT2D eigenvalue weighted by atomic mass is 9.96. The second kappa shape index (κ2) is 6.65. The lowest BCUT2D eigenvalue weighted by molar-refractivity contribution is -0.146. The van der Waals surface area contributed by atoms with Gasteiger partial charge in [0.2, 0.25) is 0 Å². The lowest BCUT2D eigenvalue weighted by Gasteiger charge is -2.30. The molecular formula is C16H16Br2N2O3. The van der Waals surface area contributed by atoms with E-state index in [1.165, 1.54) is 7.11 Å². The Bertz CT molecular complexity index is 764. The zero-order valence-electron chi connectivity index (χ0n) is 12.6. The molecule has 0 aliphatic carbocycles. The van der Waals surface area contributed by atoms with Crippen molar-refractivity contribution in [3.63, 3.8) is 0 Å². The standard InChI is InChI=1S/C16H16Br2N2O3/c1-23-16(22)9-2-4-20(5-3-9)15(21)11-8-19-14-7-13(18)12(17)6-10(11)14/h6-9,19H,2-5H2,1H3. The summed E-state index contributed by atoms with van der Waals surface area (Å²) in [5, 5.41) is 0.889. The summed E-state index contributed by atoms with van der Waals surface area (Å²) in [5.41, 5.74) is 1.57. The molecule has 1 N–H and O–H groups in total. The molecule has 0 atom stereocenters. The molecule has 2 aromatic rings. The largest absolute Gasteiger partial charge is 0.469 e. The SMILES string of the molecule is COC(=O)C1CCN(C(=O)c2c[nH]c3cc(Br)c(Br)cc23)CC1. The number of amides is 1. The molecule has 1 aliphatic rings. The van der Waals surface area contributed by atoms with Crippen LogP contribution in [0.15, 0.2) is 27.3 Å². The van der Waals surface area contributed by atoms with Crippen LogP contribution in [-0.2, 0) is 9.53 Å². The quantitative estimate of drug-likeness (QED) is 0.719. The minimum Gasteiger partial charge on any atom is -0.469 e. The summed E-state index contributed by atoms with van der Waals surface area (Å²) in [4.78, 5) is 29.3. The van der Waals surface area contributed by atoms with Gasteiger partial charge in [-0.15, -0.1) is 0 Å². The van der Waals surface area contributed by atoms with Crippen molar-refractivity contribution >= 4 is 54.6 Å². The number of halogens is 2. The van der Waals surface area contributed by atoms with Gasteiger partial charge in [-0.05, 0) is 56.8 Å². The number of aromatic nitrogens is 1. The first kappa shape index (κ1) is 16.5. The van der Waals surface area contributed by atoms with E-state index < -0.39 is 0 Å². The van der Waals surface area contributed by atoms with Crippen molar-refractivity contribution < 1.29 is 14.3 Å². The van der Waals surface area contributed by atoms with Gasteiger partial charge < -0.3 is 14.6 Å². The number of hydrogen-bond donors (Lipinski definition) is 1. The van der Waals surface area contributed by atoms with Gasteiger partial charge in [0.1, 0.15) is 0 Å². The highest BCUT2D eigenvalue weighted by Gasteiger charge is 2.29. The Hall–Kier alpha value is -1.34. The zero-order chi connectivity index (χ0) is 16.6. The summed E-state index contributed by atoms with van der Waals surface area (Å²) < 4.78 is 6.62. The molecule has 1 amide bonds. The molecule has 0 unspecified atom stereocenters. The number of H-pyrrole nitrogens is 1. The number of methoxy groups -OCH3 is 1. The van der Waals surface area contributed by atoms with Crippen molar-refractivity contribution in [3.05, 3.63) is 32.8 Å². The Morgan fingerprint density at radius 3 is 2.52 bits per heavy atom. The number of piperidine rings is 1. The number of nitrogens with one attached hydrogen (secondary N) is 1. The lowest BCUT2D eigenvalue weighted by Crippen LogP contribution is -2.40. The van der Waals surface area contributed by atoms with E-state index in [-0.39, 0.29) is 17.8 Å². The van der Waals surface area contributed by atoms with E-state index in [1.54, 1.807) is 11.1 Å². The molecule has 1 aromatic heterocycles. The van der Waals surface area contributed by atoms with Gasteiger partial charge >= 0.3 is 5.97 Å². The van der Waals surface area contributed by atoms with Crippen molar-refractivity contribution in [3.8, 4) is 0 Å². The monoisotopic (exact) mass is 442 g/mol. The Morgan fingerprint density at radius 1 is 1.22 bits per heavy atom. The number of carbonyl (C=O) groups excluding carboxylic acids is 2. The van der Waals surface area contributed by atoms with E-state index in [0.29, 0.717) is 31.5 Å². The van der Waals surface area contributed by atoms with Gasteiger partial charge in [-0.1, -0.05) is 0 Å². The molecule has 0 spiro atoms. The normalized spacial score (nSPS) is 15.9. The summed E-state index contributed by atoms with van der Waals surface area (Å²) in [7, 11) is 1.40. The predicted octanol–water partition coefficient (Wildman–Crippen LogP) is 3.72. The highest BCUT2D eigenvalue weighted by molar-refractivity contribution is 9.13. The number of rotatable bonds is 2. The number of esters is 1. The summed E-state index contributed by atoms with van der Waals surface area (Å²) in [5.74, 6) is -0.288. The van der Waals surface area contributed by atoms with Crippen LogP contribution in [0, 0.1) is 5.92 Å². The van der Waals surface area contributed by atoms with Gasteiger partial charge in [0.05, 0.1) is 18.6 Å². The number of aromatic amines is 1. The summed E-state index contributed by atoms with van der Waals surface area (Å²) >= 11 is 6.94. The number of likely N-dealkylation sites (tertiary alicyclic amines) is 1. The van der Waals surface area contributed by atoms with Crippen LogP contribution in [0.4, 0.5) is 0 Å². The van der Waals surface area contributed by atoms with Gasteiger partial charge in [-0.2, -0.15) is 0 Å². The van der Waals surface area contributed by atoms with E-state index in [2.05, 4.69) is 36.8 Å². The number of hydrogen-bond acceptors (Lipinski definition) is 3. The molecule has 0 radical (unpaired) electrons. The molecule has 7 heteroatoms. The van der Waals surface area contributed by atoms with Crippen LogP contribution in [0.1, 0.15) is 23.2 Å². The van der Waals surface area contributed by atoms with Gasteiger partial charge in [-0.3, -0.25) is 9.59 Å². The van der Waals surface area contributed by atoms with Gasteiger partial charge in [0, 0.05) is 39.1 Å². The molecule has 0 saturated carbocycles. The second-order valence-corrected chi connectivity index (χ2v) is 7.31. The molecule has 1 fully saturated rings. The Morgan fingerprint density at radius 2 is 1.87 bits per heavy atom. The van der Waals surface area contributed by atoms with Crippen LogP contribution in [0.3, 0.4) is 0 Å². The number of fused-ring (bicyclic) bond motifs is 1. The van der Waals surface area contributed by atoms with Crippen LogP contribution in [-0.4, -0.2) is 42.0 Å². The van der Waals surface area contributed by atoms with Crippen molar-refractivity contribution in [2.75, 3.05) is 20.2 Å². The minimum atomic E-state index is -0.182. The molecule has 0 bridgehead atoms. The van der Waals surface area contributed by atoms with Gasteiger partial charge in [0.25, 0.3) is 5.91 Å². The smallest absolute Gasteiger partial charge is 0.308 e. The highest BCUT2D eigenvalue weighted by atomic mass is 79.9. The zero-order valence-corrected chi connectivity index (χ0v) is 15.7. The molecule has 2 heterocycles. The number of ether oxygens (including phenoxy) is 1. The minimum absolute atomic E-state index is 0.00575. The second-order valence-electron chi connectivity index (χ2n) is 5.60. The summed E-state index contributed by atoms with van der Waals surface area (Å²) in [6.45, 7) is 1.14. The van der Waals surface area contributed by atoms with Crippen LogP contribution in [0.2, 0.25) is 0 Å². The van der Waals surface area contributed by atoms with E-state index in [0.717, 1.165) is 19.8 Å². The predicted molar refractivity (Wildman–Crippen MR) is 94.3 cm³/mol. The molecule has 23 heavy (non-hydrogen) atoms. The van der Waals surface area contributed by atoms with Crippen molar-refractivity contribution in [1.29, 1.82) is 0 Å². The first-order chi connectivity index (χ1) is 11.0. The third kappa shape index (κ3) is 3.17. The third-order valence-electron chi connectivity index (χ3n) is 4.27. The molecule has 122 valence electrons. The number of nitrogens with zero attached hydrogens (tertiary/aromatic N) is 1. The van der Waals surface area contributed by atoms with Crippen molar-refractivity contribution in [2.24, 2.45) is 5.92 Å². The molecule has 1 aliphatic heterocycles. The third-order valence-corrected chi connectivity index (χ3v) is 6.11. The molecule has 5 nitrogen and oxygen atoms in total. The average Bonchev–Trinajstić information content (AvgIpc) is 2.96. The number of carbonyl (C=O) groups is 2. The van der Waals surface area contributed by atoms with Gasteiger partial charge in [0.15, 0.2) is 0 Å². The van der Waals surface area contributed by atoms with Crippen LogP contribution < -0.4 is 0 Å². The fourth-order valence-corrected chi connectivity index (χ4v) is 3.64. The Labute approximate surface area is 150 Å². The highest BCUT2D eigenvalue weighted by Crippen LogP contribution is 2.31. The molecular weight excluding hydrogens is 428 g/mol. The van der Waals surface area contributed by atoms with E-state index in [4.69, 9.17) is 4.74 Å². The van der Waals surface area contributed by atoms with E-state index >= 15 is 0 Å². The van der Waals surface area contributed by atoms with E-state index in [1.807, 2.05) is 12.1 Å². The van der Waals surface area contributed by atoms with Crippen LogP contribution >= 0.6 is 31.9 Å². The first-order valence-electron chi connectivity index (χ1n) is 7.34. The maximum Gasteiger partial charge on any atom is 0.308 e. The topological polar surface area (TPSA) is 62.4 Å². The molecule has 1 saturated heterocycles. The van der Waals surface area contributed by atoms with Crippen LogP contribution in [0.25, 0.3) is 10.9 Å². The Balaban J connectivity index is 1.79. The first-order valence-corrected chi connectivity index (χ1v) is 8.93. The molecule has 1 aromatic carbocycles. The maximum absolute atomic E-state index is 12.8. The van der Waals surface area contributed by atoms with Gasteiger partial charge in [-0.25, -0.2) is 0 Å². The average molecular weight is 444 g/mol. The van der Waals surface area contributed by atoms with Crippen LogP contribution in [0.5, 0.6) is 0 Å². The summed E-state index contributed by atoms with van der Waals surface area (Å²) in [6.07, 6.45) is 3.05. The Kier molecular flexibility index (Phi) is 4.77. The van der Waals surface area contributed by atoms with Crippen molar-refractivity contribution in [1.82, 2.24) is 9.88 Å². The van der Waals surface area contributed by atoms with E-state index in [9.17, 15) is 9.59 Å². The maximum atomic E-state index is 12.8. The molecule has 3 rings (SSSR count). The number of benzene rings is 1. The van der Waals surface area contributed by atoms with Crippen molar-refractivity contribution in [2.45, 2.75) is 12.8 Å². The fourth-order valence-electron chi connectivity index (χ4n) is 2.95. The fraction of sp³-hybridized carbons (Fsp3) is 0.375.